The summed E-state index contributed by atoms with van der Waals surface area (Å²) in [5, 5.41) is 0. The summed E-state index contributed by atoms with van der Waals surface area (Å²) in [7, 11) is 0. The minimum Gasteiger partial charge on any atom is -0.170 e. The average molecular weight is 292 g/mol. The van der Waals surface area contributed by atoms with Crippen molar-refractivity contribution in [3.8, 4) is 0 Å². The maximum atomic E-state index is 13.2. The fraction of sp³-hybridized carbons (Fsp3) is 0.286. The van der Waals surface area contributed by atoms with E-state index in [-0.39, 0.29) is 5.56 Å². The molecule has 20 heavy (non-hydrogen) atoms. The number of alkyl halides is 6. The third kappa shape index (κ3) is 2.13. The number of hydrogen-bond acceptors (Lipinski definition) is 0. The molecule has 0 amide bonds. The smallest absolute Gasteiger partial charge is 0.170 e. The van der Waals surface area contributed by atoms with Crippen molar-refractivity contribution in [2.24, 2.45) is 5.41 Å². The lowest BCUT2D eigenvalue weighted by atomic mass is 9.70. The molecule has 1 aromatic rings. The van der Waals surface area contributed by atoms with Gasteiger partial charge in [0.2, 0.25) is 0 Å². The van der Waals surface area contributed by atoms with E-state index in [1.807, 2.05) is 0 Å². The highest BCUT2D eigenvalue weighted by molar-refractivity contribution is 5.74. The Morgan fingerprint density at radius 3 is 1.90 bits per heavy atom. The molecule has 1 aliphatic carbocycles. The molecule has 0 saturated carbocycles. The normalized spacial score (nSPS) is 18.8. The van der Waals surface area contributed by atoms with Gasteiger partial charge in [-0.1, -0.05) is 48.6 Å². The predicted octanol–water partition coefficient (Wildman–Crippen LogP) is 5.14. The molecule has 108 valence electrons. The quantitative estimate of drug-likeness (QED) is 0.629. The standard InChI is InChI=1S/C14H10F6/c15-13(16,17)12(14(18,19)20)9-5-4-8-11(12)10-6-2-1-3-7-10/h1-8H,9H2. The number of rotatable bonds is 1. The third-order valence-corrected chi connectivity index (χ3v) is 3.34. The van der Waals surface area contributed by atoms with E-state index in [0.717, 1.165) is 12.2 Å². The fourth-order valence-corrected chi connectivity index (χ4v) is 2.32. The third-order valence-electron chi connectivity index (χ3n) is 3.34. The molecule has 6 heteroatoms. The van der Waals surface area contributed by atoms with E-state index in [1.165, 1.54) is 36.4 Å². The van der Waals surface area contributed by atoms with Gasteiger partial charge in [-0.2, -0.15) is 26.3 Å². The number of halogens is 6. The van der Waals surface area contributed by atoms with Crippen molar-refractivity contribution in [1.82, 2.24) is 0 Å². The number of allylic oxidation sites excluding steroid dienone is 4. The van der Waals surface area contributed by atoms with Gasteiger partial charge in [-0.25, -0.2) is 0 Å². The Bertz CT molecular complexity index is 519. The lowest BCUT2D eigenvalue weighted by Crippen LogP contribution is -2.51. The Morgan fingerprint density at radius 2 is 1.40 bits per heavy atom. The summed E-state index contributed by atoms with van der Waals surface area (Å²) in [6.45, 7) is 0. The zero-order chi connectivity index (χ0) is 15.0. The molecule has 0 unspecified atom stereocenters. The fourth-order valence-electron chi connectivity index (χ4n) is 2.32. The molecule has 0 saturated heterocycles. The molecule has 0 nitrogen and oxygen atoms in total. The second-order valence-electron chi connectivity index (χ2n) is 4.48. The summed E-state index contributed by atoms with van der Waals surface area (Å²) in [4.78, 5) is 0. The second-order valence-corrected chi connectivity index (χ2v) is 4.48. The first-order valence-corrected chi connectivity index (χ1v) is 5.76. The molecular weight excluding hydrogens is 282 g/mol. The van der Waals surface area contributed by atoms with Crippen LogP contribution in [-0.4, -0.2) is 12.4 Å². The molecule has 0 radical (unpaired) electrons. The van der Waals surface area contributed by atoms with Gasteiger partial charge >= 0.3 is 12.4 Å². The van der Waals surface area contributed by atoms with Crippen molar-refractivity contribution >= 4 is 5.57 Å². The summed E-state index contributed by atoms with van der Waals surface area (Å²) >= 11 is 0. The van der Waals surface area contributed by atoms with Gasteiger partial charge in [0.15, 0.2) is 5.41 Å². The summed E-state index contributed by atoms with van der Waals surface area (Å²) in [5.74, 6) is 0. The highest BCUT2D eigenvalue weighted by atomic mass is 19.4. The molecule has 0 atom stereocenters. The van der Waals surface area contributed by atoms with Gasteiger partial charge in [0.05, 0.1) is 0 Å². The average Bonchev–Trinajstić information content (AvgIpc) is 2.37. The Labute approximate surface area is 111 Å². The van der Waals surface area contributed by atoms with Crippen molar-refractivity contribution in [3.05, 3.63) is 54.1 Å². The Morgan fingerprint density at radius 1 is 0.850 bits per heavy atom. The van der Waals surface area contributed by atoms with Crippen molar-refractivity contribution in [2.75, 3.05) is 0 Å². The van der Waals surface area contributed by atoms with E-state index in [1.54, 1.807) is 0 Å². The SMILES string of the molecule is FC(F)(F)C1(C(F)(F)F)CC=CC=C1c1ccccc1. The molecule has 0 fully saturated rings. The predicted molar refractivity (Wildman–Crippen MR) is 62.7 cm³/mol. The van der Waals surface area contributed by atoms with Crippen LogP contribution in [0.15, 0.2) is 48.6 Å². The Kier molecular flexibility index (Phi) is 3.44. The van der Waals surface area contributed by atoms with Crippen molar-refractivity contribution in [2.45, 2.75) is 18.8 Å². The van der Waals surface area contributed by atoms with Crippen molar-refractivity contribution < 1.29 is 26.3 Å². The molecular formula is C14H10F6. The van der Waals surface area contributed by atoms with Crippen LogP contribution in [0, 0.1) is 5.41 Å². The van der Waals surface area contributed by atoms with Crippen LogP contribution >= 0.6 is 0 Å². The van der Waals surface area contributed by atoms with Gasteiger partial charge < -0.3 is 0 Å². The van der Waals surface area contributed by atoms with E-state index in [0.29, 0.717) is 0 Å². The summed E-state index contributed by atoms with van der Waals surface area (Å²) < 4.78 is 79.4. The van der Waals surface area contributed by atoms with Crippen LogP contribution in [0.25, 0.3) is 5.57 Å². The highest BCUT2D eigenvalue weighted by Crippen LogP contribution is 2.60. The molecule has 0 bridgehead atoms. The molecule has 0 heterocycles. The lowest BCUT2D eigenvalue weighted by molar-refractivity contribution is -0.315. The van der Waals surface area contributed by atoms with Crippen LogP contribution in [0.4, 0.5) is 26.3 Å². The molecule has 1 aromatic carbocycles. The molecule has 2 rings (SSSR count). The first kappa shape index (κ1) is 14.7. The van der Waals surface area contributed by atoms with Gasteiger partial charge in [0.25, 0.3) is 0 Å². The van der Waals surface area contributed by atoms with E-state index in [2.05, 4.69) is 0 Å². The van der Waals surface area contributed by atoms with Gasteiger partial charge in [-0.05, 0) is 17.6 Å². The zero-order valence-corrected chi connectivity index (χ0v) is 10.1. The summed E-state index contributed by atoms with van der Waals surface area (Å²) in [6.07, 6.45) is -8.97. The van der Waals surface area contributed by atoms with Crippen molar-refractivity contribution in [1.29, 1.82) is 0 Å². The first-order chi connectivity index (χ1) is 9.20. The monoisotopic (exact) mass is 292 g/mol. The van der Waals surface area contributed by atoms with Crippen LogP contribution in [-0.2, 0) is 0 Å². The largest absolute Gasteiger partial charge is 0.407 e. The zero-order valence-electron chi connectivity index (χ0n) is 10.1. The first-order valence-electron chi connectivity index (χ1n) is 5.76. The van der Waals surface area contributed by atoms with Gasteiger partial charge in [-0.15, -0.1) is 0 Å². The van der Waals surface area contributed by atoms with Gasteiger partial charge in [-0.3, -0.25) is 0 Å². The molecule has 0 aromatic heterocycles. The van der Waals surface area contributed by atoms with E-state index in [4.69, 9.17) is 0 Å². The number of hydrogen-bond donors (Lipinski definition) is 0. The van der Waals surface area contributed by atoms with Gasteiger partial charge in [0, 0.05) is 0 Å². The van der Waals surface area contributed by atoms with E-state index < -0.39 is 29.8 Å². The van der Waals surface area contributed by atoms with Crippen molar-refractivity contribution in [3.63, 3.8) is 0 Å². The van der Waals surface area contributed by atoms with Crippen LogP contribution in [0.3, 0.4) is 0 Å². The minimum atomic E-state index is -5.42. The maximum absolute atomic E-state index is 13.2. The Balaban J connectivity index is 2.68. The van der Waals surface area contributed by atoms with E-state index >= 15 is 0 Å². The lowest BCUT2D eigenvalue weighted by Gasteiger charge is -2.40. The van der Waals surface area contributed by atoms with Crippen LogP contribution in [0.2, 0.25) is 0 Å². The van der Waals surface area contributed by atoms with Crippen LogP contribution < -0.4 is 0 Å². The summed E-state index contributed by atoms with van der Waals surface area (Å²) in [5.41, 5.74) is -4.69. The highest BCUT2D eigenvalue weighted by Gasteiger charge is 2.72. The topological polar surface area (TPSA) is 0 Å². The van der Waals surface area contributed by atoms with E-state index in [9.17, 15) is 26.3 Å². The second kappa shape index (κ2) is 4.68. The Hall–Kier alpha value is -1.72. The van der Waals surface area contributed by atoms with Crippen LogP contribution in [0.5, 0.6) is 0 Å². The summed E-state index contributed by atoms with van der Waals surface area (Å²) in [6, 6.07) is 6.85. The maximum Gasteiger partial charge on any atom is 0.407 e. The molecule has 0 spiro atoms. The minimum absolute atomic E-state index is 0.0773. The molecule has 0 N–H and O–H groups in total. The molecule has 0 aliphatic heterocycles. The van der Waals surface area contributed by atoms with Crippen LogP contribution in [0.1, 0.15) is 12.0 Å². The van der Waals surface area contributed by atoms with Gasteiger partial charge in [0.1, 0.15) is 0 Å². The number of benzene rings is 1. The molecule has 1 aliphatic rings.